The van der Waals surface area contributed by atoms with Crippen molar-refractivity contribution >= 4 is 5.91 Å². The standard InChI is InChI=1S/C26H30N2O2/c1-20-15-16-24(30-20)23(28-17-9-4-10-18-28)19-27-26(29)25(21-11-5-2-6-12-21)22-13-7-3-8-14-22/h2-3,5-8,11-16,23,25H,4,9-10,17-19H2,1H3,(H,27,29). The summed E-state index contributed by atoms with van der Waals surface area (Å²) in [6, 6.07) is 24.1. The van der Waals surface area contributed by atoms with E-state index in [1.807, 2.05) is 79.7 Å². The number of hydrogen-bond donors (Lipinski definition) is 1. The van der Waals surface area contributed by atoms with Crippen LogP contribution in [0.2, 0.25) is 0 Å². The predicted molar refractivity (Wildman–Crippen MR) is 119 cm³/mol. The summed E-state index contributed by atoms with van der Waals surface area (Å²) in [7, 11) is 0. The molecular weight excluding hydrogens is 372 g/mol. The van der Waals surface area contributed by atoms with E-state index in [9.17, 15) is 4.79 Å². The maximum Gasteiger partial charge on any atom is 0.232 e. The van der Waals surface area contributed by atoms with Crippen molar-refractivity contribution in [2.24, 2.45) is 0 Å². The zero-order valence-electron chi connectivity index (χ0n) is 17.6. The second kappa shape index (κ2) is 9.77. The number of nitrogens with one attached hydrogen (secondary N) is 1. The van der Waals surface area contributed by atoms with Gasteiger partial charge in [0, 0.05) is 6.54 Å². The van der Waals surface area contributed by atoms with E-state index in [1.165, 1.54) is 19.3 Å². The van der Waals surface area contributed by atoms with Crippen molar-refractivity contribution in [3.63, 3.8) is 0 Å². The Morgan fingerprint density at radius 1 is 0.900 bits per heavy atom. The largest absolute Gasteiger partial charge is 0.465 e. The van der Waals surface area contributed by atoms with Crippen LogP contribution in [0.15, 0.2) is 77.2 Å². The van der Waals surface area contributed by atoms with Crippen molar-refractivity contribution in [1.29, 1.82) is 0 Å². The Bertz CT molecular complexity index is 890. The number of likely N-dealkylation sites (tertiary alicyclic amines) is 1. The Hall–Kier alpha value is -2.85. The van der Waals surface area contributed by atoms with Gasteiger partial charge < -0.3 is 9.73 Å². The molecule has 1 unspecified atom stereocenters. The molecule has 0 bridgehead atoms. The summed E-state index contributed by atoms with van der Waals surface area (Å²) in [4.78, 5) is 15.9. The van der Waals surface area contributed by atoms with Gasteiger partial charge in [-0.2, -0.15) is 0 Å². The van der Waals surface area contributed by atoms with Gasteiger partial charge >= 0.3 is 0 Å². The monoisotopic (exact) mass is 402 g/mol. The lowest BCUT2D eigenvalue weighted by molar-refractivity contribution is -0.122. The minimum atomic E-state index is -0.326. The molecule has 156 valence electrons. The minimum absolute atomic E-state index is 0.0256. The molecule has 0 radical (unpaired) electrons. The van der Waals surface area contributed by atoms with Crippen LogP contribution >= 0.6 is 0 Å². The summed E-state index contributed by atoms with van der Waals surface area (Å²) in [5.41, 5.74) is 2.01. The van der Waals surface area contributed by atoms with Crippen LogP contribution in [0.1, 0.15) is 53.9 Å². The summed E-state index contributed by atoms with van der Waals surface area (Å²) in [5, 5.41) is 3.24. The molecule has 2 heterocycles. The number of furan rings is 1. The van der Waals surface area contributed by atoms with Gasteiger partial charge in [-0.1, -0.05) is 67.1 Å². The van der Waals surface area contributed by atoms with E-state index in [2.05, 4.69) is 10.2 Å². The molecule has 0 aliphatic carbocycles. The SMILES string of the molecule is Cc1ccc(C(CNC(=O)C(c2ccccc2)c2ccccc2)N2CCCCC2)o1. The van der Waals surface area contributed by atoms with Gasteiger partial charge in [0.2, 0.25) is 5.91 Å². The molecule has 1 fully saturated rings. The van der Waals surface area contributed by atoms with E-state index in [0.29, 0.717) is 6.54 Å². The molecule has 1 aromatic heterocycles. The van der Waals surface area contributed by atoms with Gasteiger partial charge in [-0.25, -0.2) is 0 Å². The van der Waals surface area contributed by atoms with Crippen molar-refractivity contribution in [2.75, 3.05) is 19.6 Å². The van der Waals surface area contributed by atoms with Gasteiger partial charge in [-0.3, -0.25) is 9.69 Å². The fourth-order valence-electron chi connectivity index (χ4n) is 4.36. The highest BCUT2D eigenvalue weighted by Crippen LogP contribution is 2.28. The first-order chi connectivity index (χ1) is 14.7. The zero-order chi connectivity index (χ0) is 20.8. The van der Waals surface area contributed by atoms with Crippen LogP contribution < -0.4 is 5.32 Å². The number of nitrogens with zero attached hydrogens (tertiary/aromatic N) is 1. The van der Waals surface area contributed by atoms with Crippen molar-refractivity contribution in [2.45, 2.75) is 38.1 Å². The predicted octanol–water partition coefficient (Wildman–Crippen LogP) is 5.06. The normalized spacial score (nSPS) is 15.8. The number of piperidine rings is 1. The smallest absolute Gasteiger partial charge is 0.232 e. The van der Waals surface area contributed by atoms with Crippen molar-refractivity contribution in [3.8, 4) is 0 Å². The Morgan fingerprint density at radius 3 is 2.03 bits per heavy atom. The molecule has 0 spiro atoms. The van der Waals surface area contributed by atoms with E-state index in [0.717, 1.165) is 35.7 Å². The lowest BCUT2D eigenvalue weighted by Crippen LogP contribution is -2.41. The third kappa shape index (κ3) is 4.82. The van der Waals surface area contributed by atoms with Crippen LogP contribution in [0.3, 0.4) is 0 Å². The maximum absolute atomic E-state index is 13.4. The third-order valence-electron chi connectivity index (χ3n) is 5.92. The summed E-state index contributed by atoms with van der Waals surface area (Å²) >= 11 is 0. The quantitative estimate of drug-likeness (QED) is 0.601. The molecule has 4 nitrogen and oxygen atoms in total. The van der Waals surface area contributed by atoms with Crippen molar-refractivity contribution in [3.05, 3.63) is 95.4 Å². The molecule has 3 aromatic rings. The van der Waals surface area contributed by atoms with Crippen LogP contribution in [0.5, 0.6) is 0 Å². The molecule has 1 aliphatic heterocycles. The average molecular weight is 403 g/mol. The highest BCUT2D eigenvalue weighted by molar-refractivity contribution is 5.87. The highest BCUT2D eigenvalue weighted by Gasteiger charge is 2.28. The first-order valence-electron chi connectivity index (χ1n) is 10.9. The van der Waals surface area contributed by atoms with Gasteiger partial charge in [-0.15, -0.1) is 0 Å². The maximum atomic E-state index is 13.4. The van der Waals surface area contributed by atoms with E-state index in [4.69, 9.17) is 4.42 Å². The second-order valence-corrected chi connectivity index (χ2v) is 8.06. The van der Waals surface area contributed by atoms with Crippen molar-refractivity contribution in [1.82, 2.24) is 10.2 Å². The van der Waals surface area contributed by atoms with Crippen LogP contribution in [0.4, 0.5) is 0 Å². The number of aryl methyl sites for hydroxylation is 1. The van der Waals surface area contributed by atoms with Crippen LogP contribution in [-0.2, 0) is 4.79 Å². The van der Waals surface area contributed by atoms with E-state index in [1.54, 1.807) is 0 Å². The summed E-state index contributed by atoms with van der Waals surface area (Å²) < 4.78 is 5.97. The number of benzene rings is 2. The zero-order valence-corrected chi connectivity index (χ0v) is 17.6. The second-order valence-electron chi connectivity index (χ2n) is 8.06. The number of carbonyl (C=O) groups excluding carboxylic acids is 1. The van der Waals surface area contributed by atoms with Crippen LogP contribution in [-0.4, -0.2) is 30.4 Å². The molecule has 1 N–H and O–H groups in total. The molecular formula is C26H30N2O2. The van der Waals surface area contributed by atoms with Crippen LogP contribution in [0, 0.1) is 6.92 Å². The molecule has 1 saturated heterocycles. The Labute approximate surface area is 178 Å². The van der Waals surface area contributed by atoms with Gasteiger partial charge in [-0.05, 0) is 56.1 Å². The van der Waals surface area contributed by atoms with Gasteiger partial charge in [0.15, 0.2) is 0 Å². The minimum Gasteiger partial charge on any atom is -0.465 e. The fourth-order valence-corrected chi connectivity index (χ4v) is 4.36. The Balaban J connectivity index is 1.54. The number of hydrogen-bond acceptors (Lipinski definition) is 3. The van der Waals surface area contributed by atoms with E-state index < -0.39 is 0 Å². The van der Waals surface area contributed by atoms with Gasteiger partial charge in [0.25, 0.3) is 0 Å². The first-order valence-corrected chi connectivity index (χ1v) is 10.9. The number of amides is 1. The summed E-state index contributed by atoms with van der Waals surface area (Å²) in [6.45, 7) is 4.60. The van der Waals surface area contributed by atoms with Gasteiger partial charge in [0.05, 0.1) is 12.0 Å². The molecule has 1 atom stereocenters. The number of carbonyl (C=O) groups is 1. The molecule has 4 rings (SSSR count). The fraction of sp³-hybridized carbons (Fsp3) is 0.346. The Kier molecular flexibility index (Phi) is 6.65. The van der Waals surface area contributed by atoms with Crippen LogP contribution in [0.25, 0.3) is 0 Å². The highest BCUT2D eigenvalue weighted by atomic mass is 16.3. The number of rotatable bonds is 7. The Morgan fingerprint density at radius 2 is 1.50 bits per heavy atom. The molecule has 30 heavy (non-hydrogen) atoms. The molecule has 4 heteroatoms. The molecule has 2 aromatic carbocycles. The average Bonchev–Trinajstić information content (AvgIpc) is 3.22. The topological polar surface area (TPSA) is 45.5 Å². The molecule has 1 aliphatic rings. The van der Waals surface area contributed by atoms with E-state index in [-0.39, 0.29) is 17.9 Å². The third-order valence-corrected chi connectivity index (χ3v) is 5.92. The first kappa shape index (κ1) is 20.4. The summed E-state index contributed by atoms with van der Waals surface area (Å²) in [6.07, 6.45) is 3.67. The van der Waals surface area contributed by atoms with E-state index >= 15 is 0 Å². The van der Waals surface area contributed by atoms with Gasteiger partial charge in [0.1, 0.15) is 11.5 Å². The molecule has 0 saturated carbocycles. The molecule has 1 amide bonds. The lowest BCUT2D eigenvalue weighted by atomic mass is 9.90. The summed E-state index contributed by atoms with van der Waals surface area (Å²) in [5.74, 6) is 1.54. The lowest BCUT2D eigenvalue weighted by Gasteiger charge is -2.33. The van der Waals surface area contributed by atoms with Crippen molar-refractivity contribution < 1.29 is 9.21 Å².